The molecule has 2 aromatic rings. The number of carbonyl (C=O) groups is 3. The van der Waals surface area contributed by atoms with Gasteiger partial charge in [0.15, 0.2) is 5.17 Å². The SMILES string of the molecule is COC(=O)c1cccc(-n2c(C)cc(/C=C3\SC(NC(C)=O)=NC3=O)c2C)c1. The average molecular weight is 397 g/mol. The van der Waals surface area contributed by atoms with E-state index >= 15 is 0 Å². The Labute approximate surface area is 166 Å². The summed E-state index contributed by atoms with van der Waals surface area (Å²) in [5.41, 5.74) is 4.00. The maximum Gasteiger partial charge on any atom is 0.337 e. The second kappa shape index (κ2) is 7.85. The molecule has 0 unspecified atom stereocenters. The molecular formula is C20H19N3O4S. The minimum absolute atomic E-state index is 0.274. The predicted molar refractivity (Wildman–Crippen MR) is 108 cm³/mol. The number of rotatable bonds is 3. The molecule has 1 aromatic carbocycles. The van der Waals surface area contributed by atoms with Crippen molar-refractivity contribution in [3.05, 3.63) is 57.8 Å². The molecule has 0 radical (unpaired) electrons. The van der Waals surface area contributed by atoms with Gasteiger partial charge >= 0.3 is 5.97 Å². The van der Waals surface area contributed by atoms with Gasteiger partial charge in [-0.05, 0) is 61.5 Å². The lowest BCUT2D eigenvalue weighted by molar-refractivity contribution is -0.117. The van der Waals surface area contributed by atoms with Gasteiger partial charge in [-0.3, -0.25) is 9.59 Å². The number of hydrogen-bond acceptors (Lipinski definition) is 5. The first-order valence-corrected chi connectivity index (χ1v) is 9.29. The van der Waals surface area contributed by atoms with Crippen molar-refractivity contribution in [1.82, 2.24) is 9.88 Å². The summed E-state index contributed by atoms with van der Waals surface area (Å²) in [6.45, 7) is 5.25. The Morgan fingerprint density at radius 1 is 1.25 bits per heavy atom. The van der Waals surface area contributed by atoms with Gasteiger partial charge in [0.1, 0.15) is 0 Å². The first-order chi connectivity index (χ1) is 13.3. The van der Waals surface area contributed by atoms with Crippen molar-refractivity contribution in [1.29, 1.82) is 0 Å². The van der Waals surface area contributed by atoms with Crippen molar-refractivity contribution >= 4 is 40.8 Å². The highest BCUT2D eigenvalue weighted by molar-refractivity contribution is 8.18. The first-order valence-electron chi connectivity index (χ1n) is 8.48. The summed E-state index contributed by atoms with van der Waals surface area (Å²) in [5.74, 6) is -1.06. The van der Waals surface area contributed by atoms with Crippen LogP contribution < -0.4 is 5.32 Å². The predicted octanol–water partition coefficient (Wildman–Crippen LogP) is 2.99. The molecule has 3 rings (SSSR count). The van der Waals surface area contributed by atoms with Crippen LogP contribution in [0.15, 0.2) is 40.2 Å². The molecule has 0 atom stereocenters. The van der Waals surface area contributed by atoms with E-state index in [1.807, 2.05) is 30.5 Å². The van der Waals surface area contributed by atoms with Crippen molar-refractivity contribution in [2.24, 2.45) is 4.99 Å². The average Bonchev–Trinajstić information content (AvgIpc) is 3.12. The second-order valence-electron chi connectivity index (χ2n) is 6.22. The Morgan fingerprint density at radius 2 is 2.00 bits per heavy atom. The molecule has 1 aliphatic rings. The van der Waals surface area contributed by atoms with Gasteiger partial charge in [0, 0.05) is 24.0 Å². The van der Waals surface area contributed by atoms with Crippen LogP contribution in [0.25, 0.3) is 11.8 Å². The highest BCUT2D eigenvalue weighted by atomic mass is 32.2. The molecule has 1 aliphatic heterocycles. The van der Waals surface area contributed by atoms with E-state index < -0.39 is 5.97 Å². The smallest absolute Gasteiger partial charge is 0.337 e. The zero-order valence-corrected chi connectivity index (χ0v) is 16.7. The Hall–Kier alpha value is -3.13. The van der Waals surface area contributed by atoms with Crippen LogP contribution in [-0.4, -0.2) is 34.6 Å². The van der Waals surface area contributed by atoms with Crippen LogP contribution in [0.1, 0.15) is 34.2 Å². The van der Waals surface area contributed by atoms with Crippen LogP contribution in [0.2, 0.25) is 0 Å². The molecule has 28 heavy (non-hydrogen) atoms. The fraction of sp³-hybridized carbons (Fsp3) is 0.200. The molecule has 144 valence electrons. The maximum absolute atomic E-state index is 12.1. The third-order valence-corrected chi connectivity index (χ3v) is 5.08. The van der Waals surface area contributed by atoms with Crippen LogP contribution in [-0.2, 0) is 14.3 Å². The lowest BCUT2D eigenvalue weighted by Crippen LogP contribution is -2.23. The van der Waals surface area contributed by atoms with Crippen molar-refractivity contribution in [3.63, 3.8) is 0 Å². The number of methoxy groups -OCH3 is 1. The molecular weight excluding hydrogens is 378 g/mol. The molecule has 0 bridgehead atoms. The molecule has 0 aliphatic carbocycles. The van der Waals surface area contributed by atoms with Gasteiger partial charge < -0.3 is 14.6 Å². The normalized spacial score (nSPS) is 14.9. The zero-order valence-electron chi connectivity index (χ0n) is 15.9. The molecule has 2 heterocycles. The number of hydrogen-bond donors (Lipinski definition) is 1. The van der Waals surface area contributed by atoms with Crippen LogP contribution >= 0.6 is 11.8 Å². The maximum atomic E-state index is 12.1. The number of thioether (sulfide) groups is 1. The number of nitrogens with one attached hydrogen (secondary N) is 1. The fourth-order valence-electron chi connectivity index (χ4n) is 2.98. The number of aryl methyl sites for hydroxylation is 1. The van der Waals surface area contributed by atoms with Crippen LogP contribution in [0.4, 0.5) is 0 Å². The number of nitrogens with zero attached hydrogens (tertiary/aromatic N) is 2. The molecule has 0 spiro atoms. The third-order valence-electron chi connectivity index (χ3n) is 4.19. The van der Waals surface area contributed by atoms with E-state index in [0.29, 0.717) is 10.5 Å². The molecule has 0 saturated carbocycles. The number of ether oxygens (including phenoxy) is 1. The van der Waals surface area contributed by atoms with Crippen molar-refractivity contribution < 1.29 is 19.1 Å². The van der Waals surface area contributed by atoms with E-state index in [0.717, 1.165) is 34.4 Å². The van der Waals surface area contributed by atoms with Crippen molar-refractivity contribution in [2.75, 3.05) is 7.11 Å². The Balaban J connectivity index is 1.95. The number of esters is 1. The number of carbonyl (C=O) groups excluding carboxylic acids is 3. The van der Waals surface area contributed by atoms with Gasteiger partial charge in [-0.15, -0.1) is 0 Å². The van der Waals surface area contributed by atoms with E-state index in [4.69, 9.17) is 4.74 Å². The number of benzene rings is 1. The van der Waals surface area contributed by atoms with Gasteiger partial charge in [0.25, 0.3) is 5.91 Å². The highest BCUT2D eigenvalue weighted by Gasteiger charge is 2.23. The summed E-state index contributed by atoms with van der Waals surface area (Å²) in [5, 5.41) is 2.81. The number of amidine groups is 1. The number of aromatic nitrogens is 1. The monoisotopic (exact) mass is 397 g/mol. The number of aliphatic imine (C=N–C) groups is 1. The molecule has 8 heteroatoms. The first kappa shape index (κ1) is 19.6. The third kappa shape index (κ3) is 3.91. The Morgan fingerprint density at radius 3 is 2.68 bits per heavy atom. The Bertz CT molecular complexity index is 1050. The topological polar surface area (TPSA) is 89.8 Å². The molecule has 0 fully saturated rings. The van der Waals surface area contributed by atoms with E-state index in [2.05, 4.69) is 10.3 Å². The lowest BCUT2D eigenvalue weighted by atomic mass is 10.2. The standard InChI is InChI=1S/C20H19N3O4S/c1-11-8-15(10-17-18(25)22-20(28-17)21-13(3)24)12(2)23(11)16-7-5-6-14(9-16)19(26)27-4/h5-10H,1-4H3,(H,21,22,24,25)/b17-10-. The molecule has 1 N–H and O–H groups in total. The molecule has 0 saturated heterocycles. The summed E-state index contributed by atoms with van der Waals surface area (Å²) in [7, 11) is 1.35. The molecule has 2 amide bonds. The van der Waals surface area contributed by atoms with Crippen LogP contribution in [0.3, 0.4) is 0 Å². The second-order valence-corrected chi connectivity index (χ2v) is 7.25. The van der Waals surface area contributed by atoms with E-state index in [9.17, 15) is 14.4 Å². The van der Waals surface area contributed by atoms with Crippen LogP contribution in [0, 0.1) is 13.8 Å². The largest absolute Gasteiger partial charge is 0.465 e. The minimum Gasteiger partial charge on any atom is -0.465 e. The highest BCUT2D eigenvalue weighted by Crippen LogP contribution is 2.30. The van der Waals surface area contributed by atoms with Gasteiger partial charge in [0.2, 0.25) is 5.91 Å². The van der Waals surface area contributed by atoms with E-state index in [-0.39, 0.29) is 17.0 Å². The quantitative estimate of drug-likeness (QED) is 0.635. The van der Waals surface area contributed by atoms with E-state index in [1.165, 1.54) is 14.0 Å². The molecule has 1 aromatic heterocycles. The summed E-state index contributed by atoms with van der Waals surface area (Å²) < 4.78 is 6.79. The summed E-state index contributed by atoms with van der Waals surface area (Å²) in [6, 6.07) is 9.11. The zero-order chi connectivity index (χ0) is 20.4. The fourth-order valence-corrected chi connectivity index (χ4v) is 3.83. The van der Waals surface area contributed by atoms with Crippen molar-refractivity contribution in [2.45, 2.75) is 20.8 Å². The van der Waals surface area contributed by atoms with Gasteiger partial charge in [-0.2, -0.15) is 4.99 Å². The van der Waals surface area contributed by atoms with Crippen molar-refractivity contribution in [3.8, 4) is 5.69 Å². The van der Waals surface area contributed by atoms with Crippen LogP contribution in [0.5, 0.6) is 0 Å². The lowest BCUT2D eigenvalue weighted by Gasteiger charge is -2.11. The Kier molecular flexibility index (Phi) is 5.51. The minimum atomic E-state index is -0.401. The summed E-state index contributed by atoms with van der Waals surface area (Å²) in [4.78, 5) is 39.4. The number of amides is 2. The van der Waals surface area contributed by atoms with Gasteiger partial charge in [-0.1, -0.05) is 6.07 Å². The summed E-state index contributed by atoms with van der Waals surface area (Å²) in [6.07, 6.45) is 1.76. The summed E-state index contributed by atoms with van der Waals surface area (Å²) >= 11 is 1.13. The van der Waals surface area contributed by atoms with Gasteiger partial charge in [0.05, 0.1) is 17.6 Å². The molecule has 7 nitrogen and oxygen atoms in total. The van der Waals surface area contributed by atoms with E-state index in [1.54, 1.807) is 24.3 Å². The van der Waals surface area contributed by atoms with Gasteiger partial charge in [-0.25, -0.2) is 4.79 Å².